The molecule has 0 fully saturated rings. The van der Waals surface area contributed by atoms with Gasteiger partial charge in [-0.05, 0) is 49.2 Å². The summed E-state index contributed by atoms with van der Waals surface area (Å²) in [6.07, 6.45) is 1.47. The first kappa shape index (κ1) is 19.3. The number of carbonyl (C=O) groups is 1. The zero-order valence-electron chi connectivity index (χ0n) is 16.6. The fourth-order valence-electron chi connectivity index (χ4n) is 3.18. The van der Waals surface area contributed by atoms with Crippen molar-refractivity contribution in [3.63, 3.8) is 0 Å². The monoisotopic (exact) mass is 381 g/mol. The maximum Gasteiger partial charge on any atom is 0.203 e. The van der Waals surface area contributed by atoms with Crippen LogP contribution in [-0.4, -0.2) is 36.9 Å². The van der Waals surface area contributed by atoms with Gasteiger partial charge in [0, 0.05) is 5.56 Å². The number of rotatable bonds is 6. The second-order valence-electron chi connectivity index (χ2n) is 6.44. The van der Waals surface area contributed by atoms with Crippen molar-refractivity contribution in [3.8, 4) is 22.9 Å². The Bertz CT molecular complexity index is 995. The van der Waals surface area contributed by atoms with Crippen molar-refractivity contribution in [2.75, 3.05) is 27.1 Å². The van der Waals surface area contributed by atoms with Crippen LogP contribution in [0.2, 0.25) is 0 Å². The van der Waals surface area contributed by atoms with Crippen molar-refractivity contribution in [1.82, 2.24) is 9.78 Å². The lowest BCUT2D eigenvalue weighted by molar-refractivity contribution is 0.103. The third-order valence-corrected chi connectivity index (χ3v) is 4.43. The highest BCUT2D eigenvalue weighted by molar-refractivity contribution is 6.12. The number of methoxy groups -OCH3 is 3. The number of ether oxygens (including phenoxy) is 3. The number of benzene rings is 2. The summed E-state index contributed by atoms with van der Waals surface area (Å²) in [5, 5.41) is 4.32. The standard InChI is InChI=1S/C21H23N3O4/c1-12-6-13(2)8-15(7-12)24-21(22)16(11-23-24)19(25)14-9-17(26-3)20(28-5)18(10-14)27-4/h6-11H,22H2,1-5H3. The number of ketones is 1. The highest BCUT2D eigenvalue weighted by atomic mass is 16.5. The van der Waals surface area contributed by atoms with Crippen LogP contribution in [0.15, 0.2) is 36.5 Å². The number of nitrogens with two attached hydrogens (primary N) is 1. The highest BCUT2D eigenvalue weighted by Gasteiger charge is 2.22. The molecule has 146 valence electrons. The van der Waals surface area contributed by atoms with Crippen molar-refractivity contribution in [2.24, 2.45) is 0 Å². The van der Waals surface area contributed by atoms with E-state index in [2.05, 4.69) is 11.2 Å². The molecule has 0 saturated heterocycles. The van der Waals surface area contributed by atoms with E-state index in [1.54, 1.807) is 16.8 Å². The molecule has 0 radical (unpaired) electrons. The Kier molecular flexibility index (Phi) is 5.26. The van der Waals surface area contributed by atoms with Crippen molar-refractivity contribution < 1.29 is 19.0 Å². The van der Waals surface area contributed by atoms with Gasteiger partial charge in [-0.3, -0.25) is 4.79 Å². The zero-order valence-corrected chi connectivity index (χ0v) is 16.6. The second kappa shape index (κ2) is 7.64. The number of aromatic nitrogens is 2. The van der Waals surface area contributed by atoms with Crippen LogP contribution in [0.1, 0.15) is 27.0 Å². The predicted molar refractivity (Wildman–Crippen MR) is 107 cm³/mol. The third-order valence-electron chi connectivity index (χ3n) is 4.43. The molecule has 0 saturated carbocycles. The van der Waals surface area contributed by atoms with Gasteiger partial charge in [-0.2, -0.15) is 5.10 Å². The Morgan fingerprint density at radius 3 is 2.00 bits per heavy atom. The Labute approximate surface area is 163 Å². The molecule has 2 N–H and O–H groups in total. The van der Waals surface area contributed by atoms with Gasteiger partial charge in [0.25, 0.3) is 0 Å². The third kappa shape index (κ3) is 3.38. The molecular weight excluding hydrogens is 358 g/mol. The van der Waals surface area contributed by atoms with Crippen molar-refractivity contribution >= 4 is 11.6 Å². The van der Waals surface area contributed by atoms with E-state index >= 15 is 0 Å². The Balaban J connectivity index is 2.06. The first-order chi connectivity index (χ1) is 13.4. The minimum atomic E-state index is -0.285. The Morgan fingerprint density at radius 2 is 1.50 bits per heavy atom. The quantitative estimate of drug-likeness (QED) is 0.659. The van der Waals surface area contributed by atoms with Gasteiger partial charge in [-0.1, -0.05) is 6.07 Å². The molecule has 0 amide bonds. The van der Waals surface area contributed by atoms with E-state index in [9.17, 15) is 4.79 Å². The summed E-state index contributed by atoms with van der Waals surface area (Å²) in [6, 6.07) is 9.17. The van der Waals surface area contributed by atoms with E-state index in [0.29, 0.717) is 28.4 Å². The molecule has 0 aliphatic heterocycles. The van der Waals surface area contributed by atoms with E-state index in [0.717, 1.165) is 16.8 Å². The van der Waals surface area contributed by atoms with E-state index in [1.165, 1.54) is 27.5 Å². The number of nitrogens with zero attached hydrogens (tertiary/aromatic N) is 2. The fourth-order valence-corrected chi connectivity index (χ4v) is 3.18. The first-order valence-electron chi connectivity index (χ1n) is 8.66. The molecule has 7 nitrogen and oxygen atoms in total. The SMILES string of the molecule is COc1cc(C(=O)c2cnn(-c3cc(C)cc(C)c3)c2N)cc(OC)c1OC. The van der Waals surface area contributed by atoms with Crippen LogP contribution in [-0.2, 0) is 0 Å². The molecule has 0 atom stereocenters. The molecule has 3 rings (SSSR count). The average Bonchev–Trinajstić information content (AvgIpc) is 3.06. The lowest BCUT2D eigenvalue weighted by Crippen LogP contribution is -2.08. The molecule has 0 unspecified atom stereocenters. The molecule has 3 aromatic rings. The molecular formula is C21H23N3O4. The summed E-state index contributed by atoms with van der Waals surface area (Å²) >= 11 is 0. The number of aryl methyl sites for hydroxylation is 2. The Hall–Kier alpha value is -3.48. The molecule has 0 bridgehead atoms. The lowest BCUT2D eigenvalue weighted by Gasteiger charge is -2.13. The van der Waals surface area contributed by atoms with E-state index in [-0.39, 0.29) is 11.6 Å². The largest absolute Gasteiger partial charge is 0.493 e. The van der Waals surface area contributed by atoms with Gasteiger partial charge in [0.2, 0.25) is 5.75 Å². The normalized spacial score (nSPS) is 10.6. The molecule has 2 aromatic carbocycles. The van der Waals surface area contributed by atoms with Crippen LogP contribution in [0.4, 0.5) is 5.82 Å². The van der Waals surface area contributed by atoms with Crippen LogP contribution in [0.5, 0.6) is 17.2 Å². The van der Waals surface area contributed by atoms with Crippen molar-refractivity contribution in [1.29, 1.82) is 0 Å². The summed E-state index contributed by atoms with van der Waals surface area (Å²) in [7, 11) is 4.50. The van der Waals surface area contributed by atoms with Crippen LogP contribution in [0, 0.1) is 13.8 Å². The number of hydrogen-bond acceptors (Lipinski definition) is 6. The summed E-state index contributed by atoms with van der Waals surface area (Å²) < 4.78 is 17.5. The second-order valence-corrected chi connectivity index (χ2v) is 6.44. The van der Waals surface area contributed by atoms with Gasteiger partial charge in [0.05, 0.1) is 38.8 Å². The fraction of sp³-hybridized carbons (Fsp3) is 0.238. The topological polar surface area (TPSA) is 88.6 Å². The first-order valence-corrected chi connectivity index (χ1v) is 8.66. The zero-order chi connectivity index (χ0) is 20.4. The number of carbonyl (C=O) groups excluding carboxylic acids is 1. The highest BCUT2D eigenvalue weighted by Crippen LogP contribution is 2.39. The van der Waals surface area contributed by atoms with Gasteiger partial charge < -0.3 is 19.9 Å². The predicted octanol–water partition coefficient (Wildman–Crippen LogP) is 3.33. The van der Waals surface area contributed by atoms with Crippen molar-refractivity contribution in [2.45, 2.75) is 13.8 Å². The summed E-state index contributed by atoms with van der Waals surface area (Å²) in [4.78, 5) is 13.1. The van der Waals surface area contributed by atoms with Crippen molar-refractivity contribution in [3.05, 3.63) is 58.8 Å². The van der Waals surface area contributed by atoms with Gasteiger partial charge in [0.15, 0.2) is 17.3 Å². The average molecular weight is 381 g/mol. The number of nitrogen functional groups attached to an aromatic ring is 1. The van der Waals surface area contributed by atoms with Gasteiger partial charge in [-0.15, -0.1) is 0 Å². The molecule has 0 spiro atoms. The van der Waals surface area contributed by atoms with Crippen LogP contribution in [0.3, 0.4) is 0 Å². The maximum atomic E-state index is 13.1. The minimum Gasteiger partial charge on any atom is -0.493 e. The smallest absolute Gasteiger partial charge is 0.203 e. The molecule has 7 heteroatoms. The maximum absolute atomic E-state index is 13.1. The van der Waals surface area contributed by atoms with Crippen LogP contribution >= 0.6 is 0 Å². The van der Waals surface area contributed by atoms with Crippen LogP contribution < -0.4 is 19.9 Å². The Morgan fingerprint density at radius 1 is 0.929 bits per heavy atom. The molecule has 28 heavy (non-hydrogen) atoms. The van der Waals surface area contributed by atoms with Gasteiger partial charge >= 0.3 is 0 Å². The molecule has 0 aliphatic rings. The van der Waals surface area contributed by atoms with E-state index in [1.807, 2.05) is 26.0 Å². The molecule has 1 heterocycles. The van der Waals surface area contributed by atoms with E-state index in [4.69, 9.17) is 19.9 Å². The molecule has 0 aliphatic carbocycles. The number of anilines is 1. The molecule has 1 aromatic heterocycles. The van der Waals surface area contributed by atoms with Crippen LogP contribution in [0.25, 0.3) is 5.69 Å². The minimum absolute atomic E-state index is 0.267. The summed E-state index contributed by atoms with van der Waals surface area (Å²) in [5.41, 5.74) is 9.90. The lowest BCUT2D eigenvalue weighted by atomic mass is 10.0. The van der Waals surface area contributed by atoms with Gasteiger partial charge in [-0.25, -0.2) is 4.68 Å². The number of hydrogen-bond donors (Lipinski definition) is 1. The van der Waals surface area contributed by atoms with Gasteiger partial charge in [0.1, 0.15) is 5.82 Å². The summed E-state index contributed by atoms with van der Waals surface area (Å²) in [6.45, 7) is 4.00. The van der Waals surface area contributed by atoms with E-state index < -0.39 is 0 Å². The summed E-state index contributed by atoms with van der Waals surface area (Å²) in [5.74, 6) is 1.19.